The van der Waals surface area contributed by atoms with E-state index in [1.54, 1.807) is 0 Å². The van der Waals surface area contributed by atoms with Crippen LogP contribution in [0.1, 0.15) is 39.7 Å². The van der Waals surface area contributed by atoms with E-state index in [-0.39, 0.29) is 5.41 Å². The molecule has 15 heavy (non-hydrogen) atoms. The Morgan fingerprint density at radius 2 is 1.67 bits per heavy atom. The predicted molar refractivity (Wildman–Crippen MR) is 65.4 cm³/mol. The number of aliphatic hydroxyl groups is 1. The minimum absolute atomic E-state index is 0.114. The zero-order valence-corrected chi connectivity index (χ0v) is 10.6. The van der Waals surface area contributed by atoms with Crippen molar-refractivity contribution in [2.45, 2.75) is 45.1 Å². The molecule has 0 saturated carbocycles. The molecule has 0 fully saturated rings. The maximum absolute atomic E-state index is 9.86. The lowest BCUT2D eigenvalue weighted by molar-refractivity contribution is 0.0501. The van der Waals surface area contributed by atoms with E-state index in [0.29, 0.717) is 6.42 Å². The number of hydrogen-bond acceptors (Lipinski definition) is 1. The van der Waals surface area contributed by atoms with Gasteiger partial charge in [0.05, 0.1) is 5.60 Å². The van der Waals surface area contributed by atoms with E-state index in [1.165, 1.54) is 0 Å². The molecule has 2 heteroatoms. The fraction of sp³-hybridized carbons (Fsp3) is 0.538. The van der Waals surface area contributed by atoms with E-state index in [2.05, 4.69) is 13.8 Å². The zero-order valence-electron chi connectivity index (χ0n) is 9.84. The molecule has 0 aliphatic carbocycles. The highest BCUT2D eigenvalue weighted by atomic mass is 35.5. The second-order valence-electron chi connectivity index (χ2n) is 5.35. The molecule has 0 radical (unpaired) electrons. The van der Waals surface area contributed by atoms with Gasteiger partial charge in [-0.25, -0.2) is 0 Å². The molecule has 0 bridgehead atoms. The van der Waals surface area contributed by atoms with Crippen molar-refractivity contribution in [1.29, 1.82) is 0 Å². The first kappa shape index (κ1) is 12.5. The molecular weight excluding hydrogens is 208 g/mol. The van der Waals surface area contributed by atoms with Gasteiger partial charge in [-0.05, 0) is 37.3 Å². The van der Waals surface area contributed by atoms with Crippen LogP contribution >= 0.6 is 11.6 Å². The van der Waals surface area contributed by atoms with Crippen LogP contribution in [0.25, 0.3) is 0 Å². The minimum atomic E-state index is -0.678. The van der Waals surface area contributed by atoms with E-state index in [4.69, 9.17) is 11.6 Å². The van der Waals surface area contributed by atoms with Crippen LogP contribution in [0.15, 0.2) is 24.3 Å². The topological polar surface area (TPSA) is 20.2 Å². The van der Waals surface area contributed by atoms with Crippen LogP contribution in [0.3, 0.4) is 0 Å². The summed E-state index contributed by atoms with van der Waals surface area (Å²) < 4.78 is 0. The van der Waals surface area contributed by atoms with E-state index in [1.807, 2.05) is 38.1 Å². The largest absolute Gasteiger partial charge is 0.390 e. The first-order valence-corrected chi connectivity index (χ1v) is 5.58. The Balaban J connectivity index is 3.01. The van der Waals surface area contributed by atoms with Gasteiger partial charge in [-0.2, -0.15) is 0 Å². The van der Waals surface area contributed by atoms with Crippen LogP contribution in [-0.4, -0.2) is 10.7 Å². The van der Waals surface area contributed by atoms with Gasteiger partial charge in [-0.15, -0.1) is 0 Å². The lowest BCUT2D eigenvalue weighted by atomic mass is 9.76. The highest BCUT2D eigenvalue weighted by Crippen LogP contribution is 2.35. The highest BCUT2D eigenvalue weighted by molar-refractivity contribution is 6.31. The minimum Gasteiger partial charge on any atom is -0.390 e. The van der Waals surface area contributed by atoms with Gasteiger partial charge in [-0.1, -0.05) is 43.6 Å². The summed E-state index contributed by atoms with van der Waals surface area (Å²) in [4.78, 5) is 0. The standard InChI is InChI=1S/C13H19ClO/c1-12(2,9-13(3,4)15)10-7-5-6-8-11(10)14/h5-8,15H,9H2,1-4H3. The monoisotopic (exact) mass is 226 g/mol. The third kappa shape index (κ3) is 3.51. The van der Waals surface area contributed by atoms with E-state index in [0.717, 1.165) is 10.6 Å². The SMILES string of the molecule is CC(C)(O)CC(C)(C)c1ccccc1Cl. The maximum atomic E-state index is 9.86. The number of benzene rings is 1. The first-order chi connectivity index (χ1) is 6.72. The van der Waals surface area contributed by atoms with Gasteiger partial charge >= 0.3 is 0 Å². The molecule has 1 aromatic carbocycles. The van der Waals surface area contributed by atoms with Crippen molar-refractivity contribution in [2.75, 3.05) is 0 Å². The Bertz CT molecular complexity index is 337. The first-order valence-electron chi connectivity index (χ1n) is 5.20. The molecule has 0 heterocycles. The maximum Gasteiger partial charge on any atom is 0.0600 e. The summed E-state index contributed by atoms with van der Waals surface area (Å²) in [7, 11) is 0. The molecule has 1 nitrogen and oxygen atoms in total. The van der Waals surface area contributed by atoms with Crippen LogP contribution in [-0.2, 0) is 5.41 Å². The predicted octanol–water partition coefficient (Wildman–Crippen LogP) is 3.78. The molecule has 0 spiro atoms. The fourth-order valence-corrected chi connectivity index (χ4v) is 2.58. The molecule has 0 saturated heterocycles. The van der Waals surface area contributed by atoms with Gasteiger partial charge in [0.1, 0.15) is 0 Å². The Kier molecular flexibility index (Phi) is 3.47. The third-order valence-electron chi connectivity index (χ3n) is 2.48. The summed E-state index contributed by atoms with van der Waals surface area (Å²) in [5.41, 5.74) is 0.299. The Labute approximate surface area is 97.1 Å². The second kappa shape index (κ2) is 4.15. The normalized spacial score (nSPS) is 12.9. The van der Waals surface area contributed by atoms with Crippen molar-refractivity contribution in [3.8, 4) is 0 Å². The van der Waals surface area contributed by atoms with E-state index < -0.39 is 5.60 Å². The Morgan fingerprint density at radius 1 is 1.13 bits per heavy atom. The van der Waals surface area contributed by atoms with Crippen LogP contribution < -0.4 is 0 Å². The Hall–Kier alpha value is -0.530. The van der Waals surface area contributed by atoms with Crippen molar-refractivity contribution >= 4 is 11.6 Å². The van der Waals surface area contributed by atoms with Gasteiger partial charge in [0.15, 0.2) is 0 Å². The molecular formula is C13H19ClO. The van der Waals surface area contributed by atoms with Crippen LogP contribution in [0.2, 0.25) is 5.02 Å². The molecule has 0 aliphatic heterocycles. The van der Waals surface area contributed by atoms with Crippen molar-refractivity contribution < 1.29 is 5.11 Å². The van der Waals surface area contributed by atoms with Crippen LogP contribution in [0, 0.1) is 0 Å². The summed E-state index contributed by atoms with van der Waals surface area (Å²) in [6.07, 6.45) is 0.684. The highest BCUT2D eigenvalue weighted by Gasteiger charge is 2.29. The van der Waals surface area contributed by atoms with Gasteiger partial charge in [0.25, 0.3) is 0 Å². The molecule has 0 aliphatic rings. The van der Waals surface area contributed by atoms with E-state index in [9.17, 15) is 5.11 Å². The average Bonchev–Trinajstić information content (AvgIpc) is 1.99. The summed E-state index contributed by atoms with van der Waals surface area (Å²) in [5, 5.41) is 10.6. The second-order valence-corrected chi connectivity index (χ2v) is 5.76. The molecule has 0 atom stereocenters. The zero-order chi connectivity index (χ0) is 11.7. The van der Waals surface area contributed by atoms with Crippen LogP contribution in [0.5, 0.6) is 0 Å². The van der Waals surface area contributed by atoms with Crippen molar-refractivity contribution in [1.82, 2.24) is 0 Å². The van der Waals surface area contributed by atoms with Crippen LogP contribution in [0.4, 0.5) is 0 Å². The third-order valence-corrected chi connectivity index (χ3v) is 2.81. The molecule has 1 N–H and O–H groups in total. The quantitative estimate of drug-likeness (QED) is 0.832. The fourth-order valence-electron chi connectivity index (χ4n) is 2.19. The number of hydrogen-bond donors (Lipinski definition) is 1. The molecule has 1 rings (SSSR count). The molecule has 0 amide bonds. The van der Waals surface area contributed by atoms with Gasteiger partial charge in [0, 0.05) is 5.02 Å². The lowest BCUT2D eigenvalue weighted by Gasteiger charge is -2.32. The molecule has 0 aromatic heterocycles. The average molecular weight is 227 g/mol. The van der Waals surface area contributed by atoms with Gasteiger partial charge in [0.2, 0.25) is 0 Å². The Morgan fingerprint density at radius 3 is 2.13 bits per heavy atom. The van der Waals surface area contributed by atoms with Gasteiger partial charge in [-0.3, -0.25) is 0 Å². The van der Waals surface area contributed by atoms with Gasteiger partial charge < -0.3 is 5.11 Å². The van der Waals surface area contributed by atoms with Crippen molar-refractivity contribution in [3.05, 3.63) is 34.9 Å². The summed E-state index contributed by atoms with van der Waals surface area (Å²) >= 11 is 6.16. The van der Waals surface area contributed by atoms with Crippen molar-refractivity contribution in [3.63, 3.8) is 0 Å². The number of rotatable bonds is 3. The van der Waals surface area contributed by atoms with Crippen molar-refractivity contribution in [2.24, 2.45) is 0 Å². The molecule has 1 aromatic rings. The van der Waals surface area contributed by atoms with E-state index >= 15 is 0 Å². The molecule has 0 unspecified atom stereocenters. The lowest BCUT2D eigenvalue weighted by Crippen LogP contribution is -2.31. The summed E-state index contributed by atoms with van der Waals surface area (Å²) in [6.45, 7) is 7.86. The smallest absolute Gasteiger partial charge is 0.0600 e. The summed E-state index contributed by atoms with van der Waals surface area (Å²) in [6, 6.07) is 7.82. The number of halogens is 1. The molecule has 84 valence electrons. The summed E-state index contributed by atoms with van der Waals surface area (Å²) in [5.74, 6) is 0.